The summed E-state index contributed by atoms with van der Waals surface area (Å²) in [4.78, 5) is 1.94. The van der Waals surface area contributed by atoms with E-state index in [1.807, 2.05) is 31.1 Å². The highest BCUT2D eigenvalue weighted by Gasteiger charge is 2.09. The first-order valence-corrected chi connectivity index (χ1v) is 6.33. The van der Waals surface area contributed by atoms with Crippen molar-refractivity contribution in [2.24, 2.45) is 0 Å². The molecule has 0 heterocycles. The highest BCUT2D eigenvalue weighted by Crippen LogP contribution is 2.33. The standard InChI is InChI=1S/C15H14ClN3O/c1-19(2)12-5-6-13(18)15(8-12)20-14-7-11(16)4-3-10(14)9-17/h3-8H,18H2,1-2H3. The number of nitriles is 1. The van der Waals surface area contributed by atoms with Crippen LogP contribution in [0.25, 0.3) is 0 Å². The van der Waals surface area contributed by atoms with E-state index in [2.05, 4.69) is 6.07 Å². The van der Waals surface area contributed by atoms with Crippen molar-refractivity contribution in [3.05, 3.63) is 47.0 Å². The largest absolute Gasteiger partial charge is 0.454 e. The molecule has 0 amide bonds. The molecule has 0 aliphatic heterocycles. The zero-order valence-electron chi connectivity index (χ0n) is 11.2. The highest BCUT2D eigenvalue weighted by molar-refractivity contribution is 6.30. The molecule has 0 saturated carbocycles. The van der Waals surface area contributed by atoms with Gasteiger partial charge in [0.15, 0.2) is 5.75 Å². The number of nitrogen functional groups attached to an aromatic ring is 1. The molecule has 0 aromatic heterocycles. The molecule has 2 N–H and O–H groups in total. The van der Waals surface area contributed by atoms with Crippen molar-refractivity contribution in [3.8, 4) is 17.6 Å². The predicted octanol–water partition coefficient (Wildman–Crippen LogP) is 3.65. The monoisotopic (exact) mass is 287 g/mol. The summed E-state index contributed by atoms with van der Waals surface area (Å²) >= 11 is 5.93. The number of nitrogens with two attached hydrogens (primary N) is 1. The van der Waals surface area contributed by atoms with Gasteiger partial charge in [0.2, 0.25) is 0 Å². The lowest BCUT2D eigenvalue weighted by Gasteiger charge is -2.16. The van der Waals surface area contributed by atoms with Crippen LogP contribution in [0, 0.1) is 11.3 Å². The molecule has 2 rings (SSSR count). The third-order valence-corrected chi connectivity index (χ3v) is 3.03. The van der Waals surface area contributed by atoms with Gasteiger partial charge >= 0.3 is 0 Å². The smallest absolute Gasteiger partial charge is 0.152 e. The van der Waals surface area contributed by atoms with Crippen LogP contribution < -0.4 is 15.4 Å². The first kappa shape index (κ1) is 14.0. The summed E-state index contributed by atoms with van der Waals surface area (Å²) in [5.41, 5.74) is 7.77. The molecular formula is C15H14ClN3O. The van der Waals surface area contributed by atoms with Gasteiger partial charge in [-0.1, -0.05) is 11.6 Å². The fourth-order valence-corrected chi connectivity index (χ4v) is 1.84. The first-order valence-electron chi connectivity index (χ1n) is 5.95. The highest BCUT2D eigenvalue weighted by atomic mass is 35.5. The zero-order valence-corrected chi connectivity index (χ0v) is 12.0. The van der Waals surface area contributed by atoms with Gasteiger partial charge in [0.05, 0.1) is 11.3 Å². The van der Waals surface area contributed by atoms with Crippen molar-refractivity contribution in [1.82, 2.24) is 0 Å². The summed E-state index contributed by atoms with van der Waals surface area (Å²) in [6.07, 6.45) is 0. The van der Waals surface area contributed by atoms with E-state index in [9.17, 15) is 0 Å². The van der Waals surface area contributed by atoms with E-state index in [1.165, 1.54) is 0 Å². The SMILES string of the molecule is CN(C)c1ccc(N)c(Oc2cc(Cl)ccc2C#N)c1. The lowest BCUT2D eigenvalue weighted by molar-refractivity contribution is 0.483. The molecule has 0 spiro atoms. The number of nitrogens with zero attached hydrogens (tertiary/aromatic N) is 2. The van der Waals surface area contributed by atoms with Gasteiger partial charge in [-0.15, -0.1) is 0 Å². The van der Waals surface area contributed by atoms with Crippen molar-refractivity contribution >= 4 is 23.0 Å². The van der Waals surface area contributed by atoms with Gasteiger partial charge in [0.1, 0.15) is 11.8 Å². The van der Waals surface area contributed by atoms with Crippen LogP contribution in [-0.2, 0) is 0 Å². The molecule has 2 aromatic carbocycles. The summed E-state index contributed by atoms with van der Waals surface area (Å²) < 4.78 is 5.74. The predicted molar refractivity (Wildman–Crippen MR) is 81.4 cm³/mol. The van der Waals surface area contributed by atoms with Gasteiger partial charge in [-0.25, -0.2) is 0 Å². The van der Waals surface area contributed by atoms with Crippen LogP contribution in [0.4, 0.5) is 11.4 Å². The van der Waals surface area contributed by atoms with Crippen LogP contribution in [0.1, 0.15) is 5.56 Å². The Morgan fingerprint density at radius 2 is 1.90 bits per heavy atom. The molecule has 0 unspecified atom stereocenters. The molecule has 0 atom stereocenters. The first-order chi connectivity index (χ1) is 9.51. The second-order valence-electron chi connectivity index (χ2n) is 4.47. The molecule has 0 saturated heterocycles. The maximum Gasteiger partial charge on any atom is 0.152 e. The number of halogens is 1. The molecule has 0 aliphatic rings. The van der Waals surface area contributed by atoms with Crippen molar-refractivity contribution < 1.29 is 4.74 Å². The second-order valence-corrected chi connectivity index (χ2v) is 4.91. The Labute approximate surface area is 122 Å². The van der Waals surface area contributed by atoms with E-state index in [0.717, 1.165) is 5.69 Å². The van der Waals surface area contributed by atoms with Crippen LogP contribution in [0.3, 0.4) is 0 Å². The number of hydrogen-bond donors (Lipinski definition) is 1. The average Bonchev–Trinajstić information content (AvgIpc) is 2.41. The molecule has 4 nitrogen and oxygen atoms in total. The molecule has 0 fully saturated rings. The molecule has 0 radical (unpaired) electrons. The third kappa shape index (κ3) is 2.95. The van der Waals surface area contributed by atoms with Gasteiger partial charge in [0.25, 0.3) is 0 Å². The van der Waals surface area contributed by atoms with Crippen molar-refractivity contribution in [1.29, 1.82) is 5.26 Å². The van der Waals surface area contributed by atoms with Crippen molar-refractivity contribution in [2.75, 3.05) is 24.7 Å². The van der Waals surface area contributed by atoms with Crippen LogP contribution in [0.15, 0.2) is 36.4 Å². The van der Waals surface area contributed by atoms with Gasteiger partial charge in [0, 0.05) is 36.9 Å². The fourth-order valence-electron chi connectivity index (χ4n) is 1.68. The quantitative estimate of drug-likeness (QED) is 0.875. The molecule has 0 bridgehead atoms. The summed E-state index contributed by atoms with van der Waals surface area (Å²) in [6.45, 7) is 0. The minimum Gasteiger partial charge on any atom is -0.454 e. The van der Waals surface area contributed by atoms with Crippen LogP contribution in [-0.4, -0.2) is 14.1 Å². The number of ether oxygens (including phenoxy) is 1. The maximum absolute atomic E-state index is 9.09. The summed E-state index contributed by atoms with van der Waals surface area (Å²) in [7, 11) is 3.85. The second kappa shape index (κ2) is 5.72. The minimum atomic E-state index is 0.391. The van der Waals surface area contributed by atoms with Gasteiger partial charge in [-0.05, 0) is 24.3 Å². The van der Waals surface area contributed by atoms with E-state index in [1.54, 1.807) is 24.3 Å². The zero-order chi connectivity index (χ0) is 14.7. The Morgan fingerprint density at radius 3 is 2.55 bits per heavy atom. The Bertz CT molecular complexity index is 677. The molecule has 0 aliphatic carbocycles. The number of anilines is 2. The van der Waals surface area contributed by atoms with E-state index in [0.29, 0.717) is 27.8 Å². The molecule has 20 heavy (non-hydrogen) atoms. The lowest BCUT2D eigenvalue weighted by atomic mass is 10.2. The molecule has 102 valence electrons. The fraction of sp³-hybridized carbons (Fsp3) is 0.133. The number of benzene rings is 2. The van der Waals surface area contributed by atoms with Gasteiger partial charge < -0.3 is 15.4 Å². The number of rotatable bonds is 3. The Hall–Kier alpha value is -2.38. The minimum absolute atomic E-state index is 0.391. The van der Waals surface area contributed by atoms with Gasteiger partial charge in [-0.2, -0.15) is 5.26 Å². The number of hydrogen-bond acceptors (Lipinski definition) is 4. The Kier molecular flexibility index (Phi) is 4.02. The summed E-state index contributed by atoms with van der Waals surface area (Å²) in [5, 5.41) is 9.59. The Balaban J connectivity index is 2.42. The van der Waals surface area contributed by atoms with E-state index in [4.69, 9.17) is 27.3 Å². The summed E-state index contributed by atoms with van der Waals surface area (Å²) in [5.74, 6) is 0.887. The van der Waals surface area contributed by atoms with Crippen LogP contribution in [0.5, 0.6) is 11.5 Å². The average molecular weight is 288 g/mol. The van der Waals surface area contributed by atoms with Crippen LogP contribution >= 0.6 is 11.6 Å². The maximum atomic E-state index is 9.09. The van der Waals surface area contributed by atoms with Gasteiger partial charge in [-0.3, -0.25) is 0 Å². The Morgan fingerprint density at radius 1 is 1.15 bits per heavy atom. The van der Waals surface area contributed by atoms with Crippen LogP contribution in [0.2, 0.25) is 5.02 Å². The normalized spacial score (nSPS) is 9.90. The van der Waals surface area contributed by atoms with E-state index >= 15 is 0 Å². The van der Waals surface area contributed by atoms with E-state index < -0.39 is 0 Å². The molecule has 5 heteroatoms. The summed E-state index contributed by atoms with van der Waals surface area (Å²) in [6, 6.07) is 12.4. The van der Waals surface area contributed by atoms with E-state index in [-0.39, 0.29) is 0 Å². The third-order valence-electron chi connectivity index (χ3n) is 2.80. The van der Waals surface area contributed by atoms with Crippen molar-refractivity contribution in [3.63, 3.8) is 0 Å². The molecular weight excluding hydrogens is 274 g/mol. The lowest BCUT2D eigenvalue weighted by Crippen LogP contribution is -2.08. The molecule has 2 aromatic rings. The van der Waals surface area contributed by atoms with Crippen molar-refractivity contribution in [2.45, 2.75) is 0 Å². The topological polar surface area (TPSA) is 62.3 Å².